The predicted octanol–water partition coefficient (Wildman–Crippen LogP) is 2.87. The Morgan fingerprint density at radius 2 is 1.84 bits per heavy atom. The molecule has 4 heteroatoms. The van der Waals surface area contributed by atoms with Crippen LogP contribution < -0.4 is 4.90 Å². The smallest absolute Gasteiger partial charge is 0.225 e. The van der Waals surface area contributed by atoms with Crippen molar-refractivity contribution in [2.45, 2.75) is 44.4 Å². The van der Waals surface area contributed by atoms with E-state index in [-0.39, 0.29) is 0 Å². The van der Waals surface area contributed by atoms with Crippen LogP contribution in [0.3, 0.4) is 0 Å². The van der Waals surface area contributed by atoms with Crippen LogP contribution in [0.1, 0.15) is 50.0 Å². The summed E-state index contributed by atoms with van der Waals surface area (Å²) in [7, 11) is 0. The predicted molar refractivity (Wildman–Crippen MR) is 73.8 cm³/mol. The first-order valence-electron chi connectivity index (χ1n) is 7.30. The maximum atomic E-state index is 8.72. The van der Waals surface area contributed by atoms with Gasteiger partial charge in [-0.2, -0.15) is 5.26 Å². The van der Waals surface area contributed by atoms with Crippen LogP contribution in [0, 0.1) is 17.2 Å². The molecule has 2 heterocycles. The summed E-state index contributed by atoms with van der Waals surface area (Å²) in [6.45, 7) is 1.96. The Balaban J connectivity index is 1.59. The molecule has 1 saturated heterocycles. The molecule has 0 unspecified atom stereocenters. The number of nitrogens with zero attached hydrogens (tertiary/aromatic N) is 4. The van der Waals surface area contributed by atoms with E-state index in [2.05, 4.69) is 20.9 Å². The number of aromatic nitrogens is 2. The molecule has 19 heavy (non-hydrogen) atoms. The van der Waals surface area contributed by atoms with Crippen LogP contribution in [0.4, 0.5) is 5.95 Å². The van der Waals surface area contributed by atoms with Crippen LogP contribution in [0.2, 0.25) is 0 Å². The van der Waals surface area contributed by atoms with Crippen molar-refractivity contribution in [3.8, 4) is 6.07 Å². The molecule has 0 aromatic carbocycles. The van der Waals surface area contributed by atoms with Gasteiger partial charge in [-0.25, -0.2) is 9.97 Å². The minimum absolute atomic E-state index is 0.565. The van der Waals surface area contributed by atoms with E-state index in [9.17, 15) is 0 Å². The first-order chi connectivity index (χ1) is 9.36. The molecule has 1 aliphatic heterocycles. The fourth-order valence-electron chi connectivity index (χ4n) is 2.91. The zero-order valence-corrected chi connectivity index (χ0v) is 11.3. The lowest BCUT2D eigenvalue weighted by Crippen LogP contribution is -2.34. The van der Waals surface area contributed by atoms with Crippen molar-refractivity contribution in [3.63, 3.8) is 0 Å². The van der Waals surface area contributed by atoms with Gasteiger partial charge in [0, 0.05) is 31.9 Å². The minimum atomic E-state index is 0.565. The van der Waals surface area contributed by atoms with Crippen molar-refractivity contribution >= 4 is 5.95 Å². The van der Waals surface area contributed by atoms with Crippen LogP contribution in [-0.4, -0.2) is 23.1 Å². The minimum Gasteiger partial charge on any atom is -0.341 e. The first kappa shape index (κ1) is 12.4. The van der Waals surface area contributed by atoms with Gasteiger partial charge in [0.2, 0.25) is 5.95 Å². The summed E-state index contributed by atoms with van der Waals surface area (Å²) in [5.41, 5.74) is 1.30. The summed E-state index contributed by atoms with van der Waals surface area (Å²) < 4.78 is 0. The van der Waals surface area contributed by atoms with E-state index < -0.39 is 0 Å². The van der Waals surface area contributed by atoms with Crippen molar-refractivity contribution < 1.29 is 0 Å². The van der Waals surface area contributed by atoms with Crippen LogP contribution in [0.15, 0.2) is 12.4 Å². The zero-order chi connectivity index (χ0) is 13.1. The van der Waals surface area contributed by atoms with E-state index in [1.165, 1.54) is 24.8 Å². The molecule has 100 valence electrons. The van der Waals surface area contributed by atoms with E-state index in [0.717, 1.165) is 31.9 Å². The highest BCUT2D eigenvalue weighted by Gasteiger charge is 2.22. The van der Waals surface area contributed by atoms with E-state index in [0.29, 0.717) is 18.3 Å². The fourth-order valence-corrected chi connectivity index (χ4v) is 2.91. The summed E-state index contributed by atoms with van der Waals surface area (Å²) in [6.07, 6.45) is 10.8. The number of piperidine rings is 1. The second-order valence-corrected chi connectivity index (χ2v) is 5.74. The SMILES string of the molecule is N#CCC1CCN(c2ncc(C3CCC3)cn2)CC1. The Labute approximate surface area is 114 Å². The average Bonchev–Trinajstić information content (AvgIpc) is 2.39. The fraction of sp³-hybridized carbons (Fsp3) is 0.667. The van der Waals surface area contributed by atoms with Gasteiger partial charge < -0.3 is 4.90 Å². The molecule has 4 nitrogen and oxygen atoms in total. The maximum Gasteiger partial charge on any atom is 0.225 e. The van der Waals surface area contributed by atoms with Gasteiger partial charge in [0.1, 0.15) is 0 Å². The Kier molecular flexibility index (Phi) is 3.63. The van der Waals surface area contributed by atoms with Crippen molar-refractivity contribution in [2.75, 3.05) is 18.0 Å². The van der Waals surface area contributed by atoms with Crippen LogP contribution in [0.5, 0.6) is 0 Å². The molecule has 2 fully saturated rings. The number of rotatable bonds is 3. The van der Waals surface area contributed by atoms with Gasteiger partial charge in [-0.3, -0.25) is 0 Å². The second-order valence-electron chi connectivity index (χ2n) is 5.74. The van der Waals surface area contributed by atoms with Crippen LogP contribution in [0.25, 0.3) is 0 Å². The van der Waals surface area contributed by atoms with E-state index in [1.807, 2.05) is 12.4 Å². The molecule has 3 rings (SSSR count). The van der Waals surface area contributed by atoms with Gasteiger partial charge in [0.15, 0.2) is 0 Å². The molecule has 0 radical (unpaired) electrons. The molecule has 1 aromatic rings. The van der Waals surface area contributed by atoms with Crippen molar-refractivity contribution in [2.24, 2.45) is 5.92 Å². The highest BCUT2D eigenvalue weighted by atomic mass is 15.2. The summed E-state index contributed by atoms with van der Waals surface area (Å²) in [5, 5.41) is 8.72. The van der Waals surface area contributed by atoms with Crippen molar-refractivity contribution in [3.05, 3.63) is 18.0 Å². The third-order valence-corrected chi connectivity index (χ3v) is 4.51. The lowest BCUT2D eigenvalue weighted by atomic mass is 9.81. The summed E-state index contributed by atoms with van der Waals surface area (Å²) >= 11 is 0. The molecule has 0 amide bonds. The van der Waals surface area contributed by atoms with Gasteiger partial charge >= 0.3 is 0 Å². The molecule has 0 spiro atoms. The molecular weight excluding hydrogens is 236 g/mol. The average molecular weight is 256 g/mol. The topological polar surface area (TPSA) is 52.8 Å². The van der Waals surface area contributed by atoms with Gasteiger partial charge in [-0.15, -0.1) is 0 Å². The molecule has 0 atom stereocenters. The second kappa shape index (κ2) is 5.56. The van der Waals surface area contributed by atoms with E-state index >= 15 is 0 Å². The summed E-state index contributed by atoms with van der Waals surface area (Å²) in [4.78, 5) is 11.3. The Morgan fingerprint density at radius 3 is 2.37 bits per heavy atom. The molecule has 2 aliphatic rings. The first-order valence-corrected chi connectivity index (χ1v) is 7.30. The highest BCUT2D eigenvalue weighted by Crippen LogP contribution is 2.35. The standard InChI is InChI=1S/C15H20N4/c16-7-4-12-5-8-19(9-6-12)15-17-10-14(11-18-15)13-2-1-3-13/h10-13H,1-6,8-9H2. The third-order valence-electron chi connectivity index (χ3n) is 4.51. The third kappa shape index (κ3) is 2.70. The molecule has 0 N–H and O–H groups in total. The largest absolute Gasteiger partial charge is 0.341 e. The maximum absolute atomic E-state index is 8.72. The van der Waals surface area contributed by atoms with Gasteiger partial charge in [-0.05, 0) is 43.1 Å². The highest BCUT2D eigenvalue weighted by molar-refractivity contribution is 5.31. The number of nitriles is 1. The molecule has 1 saturated carbocycles. The van der Waals surface area contributed by atoms with Gasteiger partial charge in [0.05, 0.1) is 6.07 Å². The quantitative estimate of drug-likeness (QED) is 0.834. The van der Waals surface area contributed by atoms with Gasteiger partial charge in [0.25, 0.3) is 0 Å². The van der Waals surface area contributed by atoms with Crippen LogP contribution >= 0.6 is 0 Å². The van der Waals surface area contributed by atoms with Crippen molar-refractivity contribution in [1.82, 2.24) is 9.97 Å². The Morgan fingerprint density at radius 1 is 1.16 bits per heavy atom. The zero-order valence-electron chi connectivity index (χ0n) is 11.3. The number of hydrogen-bond acceptors (Lipinski definition) is 4. The monoisotopic (exact) mass is 256 g/mol. The normalized spacial score (nSPS) is 20.9. The van der Waals surface area contributed by atoms with E-state index in [4.69, 9.17) is 5.26 Å². The molecule has 1 aromatic heterocycles. The van der Waals surface area contributed by atoms with E-state index in [1.54, 1.807) is 0 Å². The van der Waals surface area contributed by atoms with Gasteiger partial charge in [-0.1, -0.05) is 6.42 Å². The van der Waals surface area contributed by atoms with Crippen LogP contribution in [-0.2, 0) is 0 Å². The number of hydrogen-bond donors (Lipinski definition) is 0. The summed E-state index contributed by atoms with van der Waals surface area (Å²) in [6, 6.07) is 2.28. The Hall–Kier alpha value is -1.63. The van der Waals surface area contributed by atoms with Crippen molar-refractivity contribution in [1.29, 1.82) is 5.26 Å². The lowest BCUT2D eigenvalue weighted by Gasteiger charge is -2.31. The molecule has 0 bridgehead atoms. The summed E-state index contributed by atoms with van der Waals surface area (Å²) in [5.74, 6) is 2.13. The lowest BCUT2D eigenvalue weighted by molar-refractivity contribution is 0.407. The molecule has 1 aliphatic carbocycles. The Bertz CT molecular complexity index is 450. The molecular formula is C15H20N4. The number of anilines is 1.